The van der Waals surface area contributed by atoms with Crippen molar-refractivity contribution in [1.29, 1.82) is 0 Å². The minimum absolute atomic E-state index is 0.0579. The number of halogens is 3. The van der Waals surface area contributed by atoms with Crippen LogP contribution in [-0.4, -0.2) is 7.05 Å². The van der Waals surface area contributed by atoms with E-state index < -0.39 is 0 Å². The molecule has 1 aromatic heterocycles. The van der Waals surface area contributed by atoms with Crippen molar-refractivity contribution >= 4 is 43.2 Å². The molecular formula is C13H12Br2FNS. The SMILES string of the molecule is CNC(c1ccc(F)cc1Br)c1cc(Br)sc1C. The van der Waals surface area contributed by atoms with E-state index in [0.717, 1.165) is 13.8 Å². The summed E-state index contributed by atoms with van der Waals surface area (Å²) in [6.45, 7) is 2.09. The molecule has 1 N–H and O–H groups in total. The lowest BCUT2D eigenvalue weighted by Gasteiger charge is -2.18. The van der Waals surface area contributed by atoms with Crippen LogP contribution < -0.4 is 5.32 Å². The van der Waals surface area contributed by atoms with Crippen LogP contribution in [0.2, 0.25) is 0 Å². The van der Waals surface area contributed by atoms with Crippen molar-refractivity contribution in [3.05, 3.63) is 54.3 Å². The van der Waals surface area contributed by atoms with Crippen LogP contribution in [0.5, 0.6) is 0 Å². The van der Waals surface area contributed by atoms with E-state index in [1.807, 2.05) is 13.1 Å². The van der Waals surface area contributed by atoms with E-state index in [1.54, 1.807) is 11.3 Å². The Bertz CT molecular complexity index is 568. The second kappa shape index (κ2) is 5.82. The van der Waals surface area contributed by atoms with Crippen LogP contribution in [-0.2, 0) is 0 Å². The molecule has 1 unspecified atom stereocenters. The number of aryl methyl sites for hydroxylation is 1. The Morgan fingerprint density at radius 1 is 1.22 bits per heavy atom. The van der Waals surface area contributed by atoms with Gasteiger partial charge in [0.1, 0.15) is 5.82 Å². The molecule has 0 saturated carbocycles. The molecule has 0 saturated heterocycles. The van der Waals surface area contributed by atoms with Gasteiger partial charge in [-0.3, -0.25) is 0 Å². The van der Waals surface area contributed by atoms with Gasteiger partial charge in [-0.15, -0.1) is 11.3 Å². The third kappa shape index (κ3) is 2.85. The molecule has 0 aliphatic rings. The fraction of sp³-hybridized carbons (Fsp3) is 0.231. The molecule has 2 aromatic rings. The molecule has 0 radical (unpaired) electrons. The van der Waals surface area contributed by atoms with Crippen LogP contribution in [0.3, 0.4) is 0 Å². The molecule has 2 rings (SSSR count). The molecule has 96 valence electrons. The fourth-order valence-electron chi connectivity index (χ4n) is 1.96. The number of thiophene rings is 1. The summed E-state index contributed by atoms with van der Waals surface area (Å²) in [6, 6.07) is 6.96. The molecule has 1 nitrogen and oxygen atoms in total. The highest BCUT2D eigenvalue weighted by atomic mass is 79.9. The number of hydrogen-bond donors (Lipinski definition) is 1. The normalized spacial score (nSPS) is 12.7. The van der Waals surface area contributed by atoms with E-state index >= 15 is 0 Å². The van der Waals surface area contributed by atoms with Gasteiger partial charge in [0.25, 0.3) is 0 Å². The monoisotopic (exact) mass is 391 g/mol. The third-order valence-electron chi connectivity index (χ3n) is 2.80. The van der Waals surface area contributed by atoms with Crippen molar-refractivity contribution in [2.24, 2.45) is 0 Å². The molecule has 0 fully saturated rings. The lowest BCUT2D eigenvalue weighted by atomic mass is 10.00. The zero-order valence-corrected chi connectivity index (χ0v) is 13.9. The molecule has 18 heavy (non-hydrogen) atoms. The first-order valence-electron chi connectivity index (χ1n) is 5.41. The van der Waals surface area contributed by atoms with E-state index in [-0.39, 0.29) is 11.9 Å². The number of hydrogen-bond acceptors (Lipinski definition) is 2. The van der Waals surface area contributed by atoms with Crippen LogP contribution in [0.15, 0.2) is 32.5 Å². The highest BCUT2D eigenvalue weighted by Crippen LogP contribution is 2.36. The molecule has 0 amide bonds. The summed E-state index contributed by atoms with van der Waals surface area (Å²) in [4.78, 5) is 1.25. The van der Waals surface area contributed by atoms with Gasteiger partial charge in [0.05, 0.1) is 9.83 Å². The number of rotatable bonds is 3. The summed E-state index contributed by atoms with van der Waals surface area (Å²) in [5, 5.41) is 3.28. The van der Waals surface area contributed by atoms with Crippen molar-refractivity contribution in [2.45, 2.75) is 13.0 Å². The standard InChI is InChI=1S/C13H12Br2FNS/c1-7-10(6-12(15)18-7)13(17-2)9-4-3-8(16)5-11(9)14/h3-6,13,17H,1-2H3. The van der Waals surface area contributed by atoms with Crippen LogP contribution in [0.1, 0.15) is 22.0 Å². The average molecular weight is 393 g/mol. The average Bonchev–Trinajstić information content (AvgIpc) is 2.62. The van der Waals surface area contributed by atoms with Gasteiger partial charge in [0, 0.05) is 9.35 Å². The lowest BCUT2D eigenvalue weighted by molar-refractivity contribution is 0.621. The second-order valence-electron chi connectivity index (χ2n) is 3.95. The predicted octanol–water partition coefficient (Wildman–Crippen LogP) is 5.03. The van der Waals surface area contributed by atoms with E-state index in [1.165, 1.54) is 22.6 Å². The van der Waals surface area contributed by atoms with Crippen molar-refractivity contribution < 1.29 is 4.39 Å². The first kappa shape index (κ1) is 14.2. The summed E-state index contributed by atoms with van der Waals surface area (Å²) in [6.07, 6.45) is 0. The van der Waals surface area contributed by atoms with Crippen molar-refractivity contribution in [2.75, 3.05) is 7.05 Å². The summed E-state index contributed by atoms with van der Waals surface area (Å²) < 4.78 is 15.0. The lowest BCUT2D eigenvalue weighted by Crippen LogP contribution is -2.18. The summed E-state index contributed by atoms with van der Waals surface area (Å²) in [7, 11) is 1.91. The van der Waals surface area contributed by atoms with E-state index in [9.17, 15) is 4.39 Å². The van der Waals surface area contributed by atoms with Crippen LogP contribution in [0, 0.1) is 12.7 Å². The summed E-state index contributed by atoms with van der Waals surface area (Å²) in [5.74, 6) is -0.233. The quantitative estimate of drug-likeness (QED) is 0.772. The van der Waals surface area contributed by atoms with Gasteiger partial charge in [-0.05, 0) is 59.2 Å². The first-order valence-corrected chi connectivity index (χ1v) is 7.81. The van der Waals surface area contributed by atoms with E-state index in [4.69, 9.17) is 0 Å². The Balaban J connectivity index is 2.48. The van der Waals surface area contributed by atoms with E-state index in [2.05, 4.69) is 50.2 Å². The molecule has 1 aromatic carbocycles. The predicted molar refractivity (Wildman–Crippen MR) is 81.8 cm³/mol. The van der Waals surface area contributed by atoms with Gasteiger partial charge in [-0.1, -0.05) is 22.0 Å². The highest BCUT2D eigenvalue weighted by Gasteiger charge is 2.19. The van der Waals surface area contributed by atoms with Gasteiger partial charge in [-0.2, -0.15) is 0 Å². The zero-order valence-electron chi connectivity index (χ0n) is 9.93. The summed E-state index contributed by atoms with van der Waals surface area (Å²) >= 11 is 8.63. The Kier molecular flexibility index (Phi) is 4.59. The van der Waals surface area contributed by atoms with Gasteiger partial charge in [-0.25, -0.2) is 4.39 Å². The minimum atomic E-state index is -0.233. The van der Waals surface area contributed by atoms with Gasteiger partial charge < -0.3 is 5.32 Å². The third-order valence-corrected chi connectivity index (χ3v) is 5.06. The van der Waals surface area contributed by atoms with Crippen LogP contribution in [0.25, 0.3) is 0 Å². The number of nitrogens with one attached hydrogen (secondary N) is 1. The van der Waals surface area contributed by atoms with Crippen LogP contribution in [0.4, 0.5) is 4.39 Å². The molecule has 0 spiro atoms. The van der Waals surface area contributed by atoms with E-state index in [0.29, 0.717) is 0 Å². The molecule has 0 aliphatic carbocycles. The Labute approximate surface area is 127 Å². The topological polar surface area (TPSA) is 12.0 Å². The highest BCUT2D eigenvalue weighted by molar-refractivity contribution is 9.11. The smallest absolute Gasteiger partial charge is 0.124 e. The maximum absolute atomic E-state index is 13.1. The molecule has 0 aliphatic heterocycles. The van der Waals surface area contributed by atoms with Gasteiger partial charge >= 0.3 is 0 Å². The fourth-order valence-corrected chi connectivity index (χ4v) is 4.29. The molecular weight excluding hydrogens is 381 g/mol. The summed E-state index contributed by atoms with van der Waals surface area (Å²) in [5.41, 5.74) is 2.24. The minimum Gasteiger partial charge on any atom is -0.309 e. The largest absolute Gasteiger partial charge is 0.309 e. The Hall–Kier alpha value is -0.230. The van der Waals surface area contributed by atoms with Gasteiger partial charge in [0.2, 0.25) is 0 Å². The molecule has 5 heteroatoms. The van der Waals surface area contributed by atoms with Crippen LogP contribution >= 0.6 is 43.2 Å². The Morgan fingerprint density at radius 2 is 1.94 bits per heavy atom. The zero-order chi connectivity index (χ0) is 13.3. The van der Waals surface area contributed by atoms with Gasteiger partial charge in [0.15, 0.2) is 0 Å². The molecule has 1 atom stereocenters. The number of benzene rings is 1. The first-order chi connectivity index (χ1) is 8.52. The van der Waals surface area contributed by atoms with Crippen molar-refractivity contribution in [1.82, 2.24) is 5.32 Å². The molecule has 0 bridgehead atoms. The maximum atomic E-state index is 13.1. The Morgan fingerprint density at radius 3 is 2.44 bits per heavy atom. The second-order valence-corrected chi connectivity index (χ2v) is 7.44. The maximum Gasteiger partial charge on any atom is 0.124 e. The van der Waals surface area contributed by atoms with Crippen molar-refractivity contribution in [3.63, 3.8) is 0 Å². The molecule has 1 heterocycles. The van der Waals surface area contributed by atoms with Crippen molar-refractivity contribution in [3.8, 4) is 0 Å².